The van der Waals surface area contributed by atoms with E-state index in [4.69, 9.17) is 5.73 Å². The molecular formula is C12H15F2N3O. The van der Waals surface area contributed by atoms with Crippen LogP contribution >= 0.6 is 0 Å². The Hall–Kier alpha value is -1.85. The molecule has 0 aliphatic carbocycles. The zero-order chi connectivity index (χ0) is 13.3. The van der Waals surface area contributed by atoms with E-state index in [-0.39, 0.29) is 25.4 Å². The van der Waals surface area contributed by atoms with Gasteiger partial charge >= 0.3 is 0 Å². The van der Waals surface area contributed by atoms with Gasteiger partial charge in [-0.2, -0.15) is 0 Å². The number of nitrogens with two attached hydrogens (primary N) is 1. The van der Waals surface area contributed by atoms with Crippen molar-refractivity contribution in [2.24, 2.45) is 0 Å². The fourth-order valence-electron chi connectivity index (χ4n) is 2.03. The molecule has 1 aromatic rings. The fraction of sp³-hybridized carbons (Fsp3) is 0.417. The molecule has 98 valence electrons. The fourth-order valence-corrected chi connectivity index (χ4v) is 2.03. The van der Waals surface area contributed by atoms with Gasteiger partial charge in [0.2, 0.25) is 0 Å². The van der Waals surface area contributed by atoms with Gasteiger partial charge in [0.05, 0.1) is 12.1 Å². The lowest BCUT2D eigenvalue weighted by atomic mass is 10.1. The van der Waals surface area contributed by atoms with E-state index in [1.165, 1.54) is 7.05 Å². The van der Waals surface area contributed by atoms with Crippen molar-refractivity contribution in [1.82, 2.24) is 5.32 Å². The Balaban J connectivity index is 2.28. The predicted octanol–water partition coefficient (Wildman–Crippen LogP) is 1.47. The summed E-state index contributed by atoms with van der Waals surface area (Å²) in [5.74, 6) is -2.98. The molecule has 0 aromatic heterocycles. The number of carbonyl (C=O) groups excluding carboxylic acids is 1. The van der Waals surface area contributed by atoms with Crippen LogP contribution in [-0.2, 0) is 0 Å². The van der Waals surface area contributed by atoms with Gasteiger partial charge in [-0.1, -0.05) is 0 Å². The molecule has 1 aliphatic heterocycles. The highest BCUT2D eigenvalue weighted by Crippen LogP contribution is 2.32. The van der Waals surface area contributed by atoms with Gasteiger partial charge in [-0.3, -0.25) is 4.79 Å². The van der Waals surface area contributed by atoms with E-state index >= 15 is 0 Å². The number of hydrogen-bond acceptors (Lipinski definition) is 3. The molecule has 0 unspecified atom stereocenters. The molecule has 1 amide bonds. The van der Waals surface area contributed by atoms with Gasteiger partial charge in [-0.25, -0.2) is 8.78 Å². The van der Waals surface area contributed by atoms with Crippen molar-refractivity contribution >= 4 is 17.3 Å². The molecule has 1 aliphatic rings. The predicted molar refractivity (Wildman–Crippen MR) is 66.0 cm³/mol. The lowest BCUT2D eigenvalue weighted by Crippen LogP contribution is -2.25. The third-order valence-electron chi connectivity index (χ3n) is 3.04. The van der Waals surface area contributed by atoms with E-state index < -0.39 is 5.92 Å². The molecule has 1 aromatic carbocycles. The second kappa shape index (κ2) is 4.44. The maximum atomic E-state index is 13.1. The number of nitrogens with zero attached hydrogens (tertiary/aromatic N) is 1. The van der Waals surface area contributed by atoms with E-state index in [1.54, 1.807) is 23.1 Å². The van der Waals surface area contributed by atoms with Crippen molar-refractivity contribution in [2.45, 2.75) is 12.3 Å². The molecule has 1 fully saturated rings. The Morgan fingerprint density at radius 3 is 2.78 bits per heavy atom. The van der Waals surface area contributed by atoms with Crippen LogP contribution in [-0.4, -0.2) is 32.0 Å². The Morgan fingerprint density at radius 1 is 1.50 bits per heavy atom. The van der Waals surface area contributed by atoms with E-state index in [0.717, 1.165) is 0 Å². The lowest BCUT2D eigenvalue weighted by molar-refractivity contribution is 0.0257. The molecule has 1 saturated heterocycles. The minimum absolute atomic E-state index is 0.160. The number of carbonyl (C=O) groups is 1. The summed E-state index contributed by atoms with van der Waals surface area (Å²) < 4.78 is 26.3. The van der Waals surface area contributed by atoms with E-state index in [9.17, 15) is 13.6 Å². The number of nitrogens with one attached hydrogen (secondary N) is 1. The highest BCUT2D eigenvalue weighted by atomic mass is 19.3. The van der Waals surface area contributed by atoms with Crippen LogP contribution in [0.4, 0.5) is 20.2 Å². The van der Waals surface area contributed by atoms with Gasteiger partial charge in [0.15, 0.2) is 0 Å². The molecule has 0 radical (unpaired) electrons. The first kappa shape index (κ1) is 12.6. The topological polar surface area (TPSA) is 58.4 Å². The van der Waals surface area contributed by atoms with Gasteiger partial charge in [-0.05, 0) is 18.2 Å². The van der Waals surface area contributed by atoms with Crippen LogP contribution in [0, 0.1) is 0 Å². The number of nitrogen functional groups attached to an aromatic ring is 1. The second-order valence-electron chi connectivity index (χ2n) is 4.38. The summed E-state index contributed by atoms with van der Waals surface area (Å²) >= 11 is 0. The Morgan fingerprint density at radius 2 is 2.22 bits per heavy atom. The van der Waals surface area contributed by atoms with E-state index in [1.807, 2.05) is 0 Å². The van der Waals surface area contributed by atoms with Crippen molar-refractivity contribution in [1.29, 1.82) is 0 Å². The Bertz CT molecular complexity index is 476. The van der Waals surface area contributed by atoms with Crippen LogP contribution in [0.15, 0.2) is 18.2 Å². The van der Waals surface area contributed by atoms with Crippen molar-refractivity contribution in [2.75, 3.05) is 30.8 Å². The maximum absolute atomic E-state index is 13.1. The van der Waals surface area contributed by atoms with Crippen molar-refractivity contribution in [3.05, 3.63) is 23.8 Å². The average molecular weight is 255 g/mol. The number of hydrogen-bond donors (Lipinski definition) is 2. The summed E-state index contributed by atoms with van der Waals surface area (Å²) in [7, 11) is 1.50. The van der Waals surface area contributed by atoms with Crippen LogP contribution in [0.5, 0.6) is 0 Å². The van der Waals surface area contributed by atoms with Gasteiger partial charge in [0, 0.05) is 31.4 Å². The molecule has 2 rings (SSSR count). The molecule has 0 saturated carbocycles. The van der Waals surface area contributed by atoms with Crippen molar-refractivity contribution in [3.63, 3.8) is 0 Å². The summed E-state index contributed by atoms with van der Waals surface area (Å²) in [6.45, 7) is -0.0335. The first-order chi connectivity index (χ1) is 8.43. The van der Waals surface area contributed by atoms with Gasteiger partial charge in [0.25, 0.3) is 11.8 Å². The number of halogens is 2. The van der Waals surface area contributed by atoms with Crippen molar-refractivity contribution in [3.8, 4) is 0 Å². The number of anilines is 2. The van der Waals surface area contributed by atoms with Gasteiger partial charge < -0.3 is 16.0 Å². The first-order valence-electron chi connectivity index (χ1n) is 5.67. The third kappa shape index (κ3) is 2.37. The molecular weight excluding hydrogens is 240 g/mol. The zero-order valence-electron chi connectivity index (χ0n) is 10.0. The monoisotopic (exact) mass is 255 g/mol. The largest absolute Gasteiger partial charge is 0.398 e. The first-order valence-corrected chi connectivity index (χ1v) is 5.67. The summed E-state index contributed by atoms with van der Waals surface area (Å²) in [5.41, 5.74) is 6.94. The normalized spacial score (nSPS) is 17.8. The van der Waals surface area contributed by atoms with Crippen LogP contribution < -0.4 is 16.0 Å². The highest BCUT2D eigenvalue weighted by molar-refractivity contribution is 6.00. The molecule has 18 heavy (non-hydrogen) atoms. The van der Waals surface area contributed by atoms with Crippen molar-refractivity contribution < 1.29 is 13.6 Å². The van der Waals surface area contributed by atoms with Crippen LogP contribution in [0.25, 0.3) is 0 Å². The molecule has 4 nitrogen and oxygen atoms in total. The van der Waals surface area contributed by atoms with Gasteiger partial charge in [-0.15, -0.1) is 0 Å². The highest BCUT2D eigenvalue weighted by Gasteiger charge is 2.38. The summed E-state index contributed by atoms with van der Waals surface area (Å²) in [4.78, 5) is 13.1. The smallest absolute Gasteiger partial charge is 0.266 e. The molecule has 0 spiro atoms. The van der Waals surface area contributed by atoms with Gasteiger partial charge in [0.1, 0.15) is 0 Å². The second-order valence-corrected chi connectivity index (χ2v) is 4.38. The SMILES string of the molecule is CNC(=O)c1cc(N2CCC(F)(F)C2)ccc1N. The summed E-state index contributed by atoms with van der Waals surface area (Å²) in [6.07, 6.45) is -0.160. The Labute approximate surface area is 104 Å². The number of benzene rings is 1. The lowest BCUT2D eigenvalue weighted by Gasteiger charge is -2.19. The molecule has 6 heteroatoms. The average Bonchev–Trinajstić information content (AvgIpc) is 2.69. The van der Waals surface area contributed by atoms with E-state index in [2.05, 4.69) is 5.32 Å². The quantitative estimate of drug-likeness (QED) is 0.787. The number of alkyl halides is 2. The van der Waals surface area contributed by atoms with Crippen LogP contribution in [0.1, 0.15) is 16.8 Å². The number of rotatable bonds is 2. The summed E-state index contributed by atoms with van der Waals surface area (Å²) in [6, 6.07) is 4.77. The minimum Gasteiger partial charge on any atom is -0.398 e. The Kier molecular flexibility index (Phi) is 3.11. The molecule has 0 bridgehead atoms. The van der Waals surface area contributed by atoms with E-state index in [0.29, 0.717) is 16.9 Å². The maximum Gasteiger partial charge on any atom is 0.266 e. The standard InChI is InChI=1S/C12H15F2N3O/c1-16-11(18)9-6-8(2-3-10(9)15)17-5-4-12(13,14)7-17/h2-3,6H,4-5,7,15H2,1H3,(H,16,18). The third-order valence-corrected chi connectivity index (χ3v) is 3.04. The zero-order valence-corrected chi connectivity index (χ0v) is 10.0. The molecule has 3 N–H and O–H groups in total. The molecule has 1 heterocycles. The molecule has 0 atom stereocenters. The summed E-state index contributed by atoms with van der Waals surface area (Å²) in [5, 5.41) is 2.47. The number of amides is 1. The van der Waals surface area contributed by atoms with Crippen LogP contribution in [0.2, 0.25) is 0 Å². The van der Waals surface area contributed by atoms with Crippen LogP contribution in [0.3, 0.4) is 0 Å². The minimum atomic E-state index is -2.66.